The van der Waals surface area contributed by atoms with Crippen molar-refractivity contribution in [3.8, 4) is 11.8 Å². The molecule has 3 aromatic rings. The van der Waals surface area contributed by atoms with E-state index in [-0.39, 0.29) is 24.0 Å². The van der Waals surface area contributed by atoms with Crippen molar-refractivity contribution in [3.63, 3.8) is 0 Å². The lowest BCUT2D eigenvalue weighted by molar-refractivity contribution is 0.0514. The molecule has 0 fully saturated rings. The highest BCUT2D eigenvalue weighted by Crippen LogP contribution is 2.38. The first-order valence-corrected chi connectivity index (χ1v) is 9.74. The van der Waals surface area contributed by atoms with Crippen LogP contribution in [-0.2, 0) is 11.8 Å². The Morgan fingerprint density at radius 2 is 2.10 bits per heavy atom. The monoisotopic (exact) mass is 421 g/mol. The van der Waals surface area contributed by atoms with Crippen LogP contribution < -0.4 is 10.3 Å². The Balaban J connectivity index is 2.23. The van der Waals surface area contributed by atoms with E-state index in [2.05, 4.69) is 21.3 Å². The van der Waals surface area contributed by atoms with Gasteiger partial charge in [0.2, 0.25) is 5.75 Å². The molecule has 0 radical (unpaired) electrons. The number of ether oxygens (including phenoxy) is 2. The molecule has 0 aliphatic rings. The molecule has 1 aromatic carbocycles. The zero-order valence-electron chi connectivity index (χ0n) is 17.7. The van der Waals surface area contributed by atoms with Gasteiger partial charge in [0.25, 0.3) is 5.56 Å². The summed E-state index contributed by atoms with van der Waals surface area (Å²) in [6.45, 7) is 3.69. The van der Waals surface area contributed by atoms with E-state index in [1.807, 2.05) is 19.1 Å². The number of hydrogen-bond acceptors (Lipinski definition) is 7. The Morgan fingerprint density at radius 3 is 2.71 bits per heavy atom. The minimum atomic E-state index is -0.734. The highest BCUT2D eigenvalue weighted by molar-refractivity contribution is 5.90. The van der Waals surface area contributed by atoms with Gasteiger partial charge in [-0.05, 0) is 24.1 Å². The third kappa shape index (κ3) is 4.05. The van der Waals surface area contributed by atoms with Gasteiger partial charge in [-0.2, -0.15) is 10.4 Å². The first-order chi connectivity index (χ1) is 14.9. The second-order valence-electron chi connectivity index (χ2n) is 6.93. The van der Waals surface area contributed by atoms with Crippen LogP contribution >= 0.6 is 0 Å². The summed E-state index contributed by atoms with van der Waals surface area (Å²) >= 11 is 0. The molecule has 0 saturated carbocycles. The number of hydrogen-bond donors (Lipinski definition) is 1. The molecule has 2 heterocycles. The Hall–Kier alpha value is -3.93. The Labute approximate surface area is 179 Å². The maximum atomic E-state index is 12.9. The van der Waals surface area contributed by atoms with Crippen molar-refractivity contribution < 1.29 is 14.3 Å². The van der Waals surface area contributed by atoms with E-state index in [1.54, 1.807) is 38.5 Å². The molecular formula is C22H23N5O4. The van der Waals surface area contributed by atoms with Crippen LogP contribution in [0.4, 0.5) is 0 Å². The van der Waals surface area contributed by atoms with E-state index in [0.717, 1.165) is 11.1 Å². The number of methoxy groups -OCH3 is 1. The number of benzene rings is 1. The van der Waals surface area contributed by atoms with Crippen molar-refractivity contribution in [3.05, 3.63) is 75.2 Å². The molecule has 0 aliphatic carbocycles. The fraction of sp³-hybridized carbons (Fsp3) is 0.318. The lowest BCUT2D eigenvalue weighted by Gasteiger charge is -2.26. The molecule has 31 heavy (non-hydrogen) atoms. The second kappa shape index (κ2) is 9.26. The number of nitrogens with zero attached hydrogens (tertiary/aromatic N) is 4. The van der Waals surface area contributed by atoms with Crippen molar-refractivity contribution >= 4 is 5.97 Å². The van der Waals surface area contributed by atoms with Crippen LogP contribution in [-0.4, -0.2) is 39.4 Å². The van der Waals surface area contributed by atoms with Gasteiger partial charge in [-0.25, -0.2) is 9.78 Å². The van der Waals surface area contributed by atoms with Gasteiger partial charge >= 0.3 is 5.97 Å². The summed E-state index contributed by atoms with van der Waals surface area (Å²) in [5, 5.41) is 16.5. The molecule has 0 bridgehead atoms. The molecule has 1 N–H and O–H groups in total. The SMILES string of the molecule is CCOC(=O)c1nc(C(C)C(c2cn[nH]c2)c2ccccc2C#N)n(C)c(=O)c1OC. The van der Waals surface area contributed by atoms with Crippen LogP contribution in [0.3, 0.4) is 0 Å². The number of rotatable bonds is 7. The number of aromatic amines is 1. The van der Waals surface area contributed by atoms with E-state index in [1.165, 1.54) is 11.7 Å². The third-order valence-electron chi connectivity index (χ3n) is 5.16. The predicted octanol–water partition coefficient (Wildman–Crippen LogP) is 2.50. The number of H-pyrrole nitrogens is 1. The number of carbonyl (C=O) groups is 1. The summed E-state index contributed by atoms with van der Waals surface area (Å²) in [7, 11) is 2.88. The number of aromatic nitrogens is 4. The molecular weight excluding hydrogens is 398 g/mol. The average molecular weight is 421 g/mol. The normalized spacial score (nSPS) is 12.6. The minimum absolute atomic E-state index is 0.136. The molecule has 3 rings (SSSR count). The highest BCUT2D eigenvalue weighted by Gasteiger charge is 2.31. The smallest absolute Gasteiger partial charge is 0.361 e. The maximum absolute atomic E-state index is 12.9. The van der Waals surface area contributed by atoms with Crippen molar-refractivity contribution in [1.29, 1.82) is 5.26 Å². The zero-order chi connectivity index (χ0) is 22.5. The first-order valence-electron chi connectivity index (χ1n) is 9.74. The van der Waals surface area contributed by atoms with E-state index in [0.29, 0.717) is 11.4 Å². The molecule has 2 atom stereocenters. The maximum Gasteiger partial charge on any atom is 0.361 e. The largest absolute Gasteiger partial charge is 0.489 e. The van der Waals surface area contributed by atoms with Gasteiger partial charge in [0, 0.05) is 25.1 Å². The minimum Gasteiger partial charge on any atom is -0.489 e. The summed E-state index contributed by atoms with van der Waals surface area (Å²) in [5.74, 6) is -1.30. The summed E-state index contributed by atoms with van der Waals surface area (Å²) in [4.78, 5) is 29.9. The molecule has 0 spiro atoms. The van der Waals surface area contributed by atoms with Crippen molar-refractivity contribution in [2.24, 2.45) is 7.05 Å². The topological polar surface area (TPSA) is 123 Å². The Kier molecular flexibility index (Phi) is 6.50. The van der Waals surface area contributed by atoms with Crippen LogP contribution in [0.1, 0.15) is 58.7 Å². The van der Waals surface area contributed by atoms with Crippen LogP contribution in [0, 0.1) is 11.3 Å². The summed E-state index contributed by atoms with van der Waals surface area (Å²) in [5.41, 5.74) is 1.42. The van der Waals surface area contributed by atoms with Gasteiger partial charge in [0.1, 0.15) is 5.82 Å². The van der Waals surface area contributed by atoms with Crippen LogP contribution in [0.2, 0.25) is 0 Å². The molecule has 0 amide bonds. The second-order valence-corrected chi connectivity index (χ2v) is 6.93. The summed E-state index contributed by atoms with van der Waals surface area (Å²) in [6.07, 6.45) is 3.41. The molecule has 2 aromatic heterocycles. The molecule has 9 heteroatoms. The third-order valence-corrected chi connectivity index (χ3v) is 5.16. The quantitative estimate of drug-likeness (QED) is 0.581. The molecule has 0 aliphatic heterocycles. The van der Waals surface area contributed by atoms with Gasteiger partial charge in [-0.15, -0.1) is 0 Å². The number of nitriles is 1. The first kappa shape index (κ1) is 21.8. The molecule has 2 unspecified atom stereocenters. The van der Waals surface area contributed by atoms with E-state index in [9.17, 15) is 14.9 Å². The fourth-order valence-corrected chi connectivity index (χ4v) is 3.71. The van der Waals surface area contributed by atoms with Crippen LogP contribution in [0.5, 0.6) is 5.75 Å². The molecule has 9 nitrogen and oxygen atoms in total. The van der Waals surface area contributed by atoms with E-state index >= 15 is 0 Å². The van der Waals surface area contributed by atoms with Crippen molar-refractivity contribution in [2.75, 3.05) is 13.7 Å². The van der Waals surface area contributed by atoms with Crippen LogP contribution in [0.25, 0.3) is 0 Å². The van der Waals surface area contributed by atoms with Gasteiger partial charge in [-0.3, -0.25) is 14.5 Å². The Bertz CT molecular complexity index is 1180. The van der Waals surface area contributed by atoms with Crippen LogP contribution in [0.15, 0.2) is 41.5 Å². The lowest BCUT2D eigenvalue weighted by atomic mass is 9.80. The molecule has 0 saturated heterocycles. The standard InChI is InChI=1S/C22H23N5O4/c1-5-31-22(29)18-19(30-4)21(28)27(3)20(26-18)13(2)17(15-11-24-25-12-15)16-9-7-6-8-14(16)10-23/h6-9,11-13,17H,5H2,1-4H3,(H,24,25). The van der Waals surface area contributed by atoms with Crippen molar-refractivity contribution in [1.82, 2.24) is 19.7 Å². The van der Waals surface area contributed by atoms with Crippen molar-refractivity contribution in [2.45, 2.75) is 25.7 Å². The van der Waals surface area contributed by atoms with Gasteiger partial charge in [0.05, 0.1) is 31.5 Å². The number of carbonyl (C=O) groups excluding carboxylic acids is 1. The Morgan fingerprint density at radius 1 is 1.35 bits per heavy atom. The van der Waals surface area contributed by atoms with Gasteiger partial charge < -0.3 is 9.47 Å². The number of nitrogens with one attached hydrogen (secondary N) is 1. The lowest BCUT2D eigenvalue weighted by Crippen LogP contribution is -2.30. The highest BCUT2D eigenvalue weighted by atomic mass is 16.5. The van der Waals surface area contributed by atoms with E-state index < -0.39 is 17.4 Å². The van der Waals surface area contributed by atoms with E-state index in [4.69, 9.17) is 9.47 Å². The summed E-state index contributed by atoms with van der Waals surface area (Å²) < 4.78 is 11.6. The summed E-state index contributed by atoms with van der Waals surface area (Å²) in [6, 6.07) is 9.46. The van der Waals surface area contributed by atoms with Gasteiger partial charge in [-0.1, -0.05) is 25.1 Å². The molecule has 160 valence electrons. The zero-order valence-corrected chi connectivity index (χ0v) is 17.7. The average Bonchev–Trinajstić information content (AvgIpc) is 3.30. The number of esters is 1. The predicted molar refractivity (Wildman–Crippen MR) is 112 cm³/mol. The van der Waals surface area contributed by atoms with Gasteiger partial charge in [0.15, 0.2) is 5.69 Å². The fourth-order valence-electron chi connectivity index (χ4n) is 3.71.